The van der Waals surface area contributed by atoms with Crippen LogP contribution < -0.4 is 9.47 Å². The summed E-state index contributed by atoms with van der Waals surface area (Å²) in [6.45, 7) is 2.55. The van der Waals surface area contributed by atoms with Crippen LogP contribution in [-0.4, -0.2) is 19.5 Å². The van der Waals surface area contributed by atoms with Gasteiger partial charge >= 0.3 is 0 Å². The molecule has 2 aromatic rings. The molecule has 2 aromatic carbocycles. The van der Waals surface area contributed by atoms with Gasteiger partial charge in [-0.05, 0) is 31.5 Å². The molecular weight excluding hydrogens is 264 g/mol. The Labute approximate surface area is 124 Å². The summed E-state index contributed by atoms with van der Waals surface area (Å²) in [6.07, 6.45) is 0.701. The molecule has 0 bridgehead atoms. The van der Waals surface area contributed by atoms with Gasteiger partial charge < -0.3 is 9.47 Å². The van der Waals surface area contributed by atoms with Crippen molar-refractivity contribution < 1.29 is 14.3 Å². The Bertz CT molecular complexity index is 676. The number of rotatable bonds is 3. The van der Waals surface area contributed by atoms with E-state index < -0.39 is 0 Å². The smallest absolute Gasteiger partial charge is 0.174 e. The molecule has 0 saturated heterocycles. The minimum absolute atomic E-state index is 0.103. The number of hydrogen-bond acceptors (Lipinski definition) is 3. The Morgan fingerprint density at radius 1 is 1.24 bits per heavy atom. The van der Waals surface area contributed by atoms with Crippen molar-refractivity contribution in [2.45, 2.75) is 19.3 Å². The molecule has 1 heterocycles. The third-order valence-corrected chi connectivity index (χ3v) is 3.90. The average molecular weight is 282 g/mol. The van der Waals surface area contributed by atoms with Gasteiger partial charge in [-0.1, -0.05) is 29.8 Å². The average Bonchev–Trinajstić information content (AvgIpc) is 2.53. The minimum Gasteiger partial charge on any atom is -0.496 e. The number of benzene rings is 2. The molecule has 21 heavy (non-hydrogen) atoms. The number of methoxy groups -OCH3 is 1. The van der Waals surface area contributed by atoms with Gasteiger partial charge in [-0.25, -0.2) is 0 Å². The minimum atomic E-state index is -0.161. The number of hydrogen-bond donors (Lipinski definition) is 0. The van der Waals surface area contributed by atoms with Crippen LogP contribution in [0.4, 0.5) is 0 Å². The van der Waals surface area contributed by atoms with E-state index in [4.69, 9.17) is 9.47 Å². The van der Waals surface area contributed by atoms with Gasteiger partial charge in [0.05, 0.1) is 25.2 Å². The Morgan fingerprint density at radius 3 is 2.86 bits per heavy atom. The van der Waals surface area contributed by atoms with Crippen LogP contribution in [0.1, 0.15) is 33.8 Å². The molecule has 0 fully saturated rings. The lowest BCUT2D eigenvalue weighted by molar-refractivity contribution is 0.0930. The van der Waals surface area contributed by atoms with Gasteiger partial charge in [-0.3, -0.25) is 4.79 Å². The first kappa shape index (κ1) is 13.7. The van der Waals surface area contributed by atoms with Gasteiger partial charge in [0.25, 0.3) is 0 Å². The lowest BCUT2D eigenvalue weighted by atomic mass is 9.85. The van der Waals surface area contributed by atoms with Crippen molar-refractivity contribution in [1.29, 1.82) is 0 Å². The summed E-state index contributed by atoms with van der Waals surface area (Å²) in [6, 6.07) is 13.5. The van der Waals surface area contributed by atoms with E-state index in [2.05, 4.69) is 0 Å². The number of Topliss-reactive ketones (excluding diaryl/α,β-unsaturated/α-hetero) is 1. The standard InChI is InChI=1S/C18H18O3/c1-12-7-8-16(20-2)15(11-12)18(19)14-9-10-21-17-6-4-3-5-13(14)17/h3-8,11,14H,9-10H2,1-2H3. The second kappa shape index (κ2) is 5.60. The largest absolute Gasteiger partial charge is 0.496 e. The fourth-order valence-electron chi connectivity index (χ4n) is 2.82. The van der Waals surface area contributed by atoms with Gasteiger partial charge in [0.2, 0.25) is 0 Å². The predicted octanol–water partition coefficient (Wildman–Crippen LogP) is 3.75. The summed E-state index contributed by atoms with van der Waals surface area (Å²) in [5, 5.41) is 0. The Morgan fingerprint density at radius 2 is 2.05 bits per heavy atom. The Kier molecular flexibility index (Phi) is 3.65. The van der Waals surface area contributed by atoms with Gasteiger partial charge in [-0.2, -0.15) is 0 Å². The van der Waals surface area contributed by atoms with Crippen LogP contribution in [0.5, 0.6) is 11.5 Å². The molecule has 0 spiro atoms. The molecule has 0 amide bonds. The maximum Gasteiger partial charge on any atom is 0.174 e. The zero-order valence-electron chi connectivity index (χ0n) is 12.3. The monoisotopic (exact) mass is 282 g/mol. The molecule has 1 atom stereocenters. The van der Waals surface area contributed by atoms with Crippen molar-refractivity contribution in [3.63, 3.8) is 0 Å². The first-order chi connectivity index (χ1) is 10.2. The molecule has 0 aliphatic carbocycles. The first-order valence-corrected chi connectivity index (χ1v) is 7.11. The second-order valence-corrected chi connectivity index (χ2v) is 5.30. The van der Waals surface area contributed by atoms with Gasteiger partial charge in [0.1, 0.15) is 11.5 Å². The fourth-order valence-corrected chi connectivity index (χ4v) is 2.82. The summed E-state index contributed by atoms with van der Waals surface area (Å²) in [5.74, 6) is 1.39. The maximum atomic E-state index is 13.0. The molecule has 1 aliphatic rings. The van der Waals surface area contributed by atoms with E-state index in [1.807, 2.05) is 49.4 Å². The summed E-state index contributed by atoms with van der Waals surface area (Å²) >= 11 is 0. The van der Waals surface area contributed by atoms with Crippen molar-refractivity contribution in [3.05, 3.63) is 59.2 Å². The van der Waals surface area contributed by atoms with Crippen LogP contribution in [0.15, 0.2) is 42.5 Å². The molecule has 108 valence electrons. The number of ether oxygens (including phenoxy) is 2. The van der Waals surface area contributed by atoms with E-state index in [-0.39, 0.29) is 11.7 Å². The number of fused-ring (bicyclic) bond motifs is 1. The van der Waals surface area contributed by atoms with E-state index >= 15 is 0 Å². The lowest BCUT2D eigenvalue weighted by Gasteiger charge is -2.25. The van der Waals surface area contributed by atoms with Crippen molar-refractivity contribution in [2.75, 3.05) is 13.7 Å². The zero-order chi connectivity index (χ0) is 14.8. The van der Waals surface area contributed by atoms with Crippen molar-refractivity contribution in [3.8, 4) is 11.5 Å². The number of carbonyl (C=O) groups is 1. The topological polar surface area (TPSA) is 35.5 Å². The molecule has 0 saturated carbocycles. The number of para-hydroxylation sites is 1. The van der Waals surface area contributed by atoms with E-state index in [1.165, 1.54) is 0 Å². The summed E-state index contributed by atoms with van der Waals surface area (Å²) in [5.41, 5.74) is 2.68. The molecule has 0 aromatic heterocycles. The van der Waals surface area contributed by atoms with Crippen LogP contribution in [-0.2, 0) is 0 Å². The lowest BCUT2D eigenvalue weighted by Crippen LogP contribution is -2.22. The third kappa shape index (κ3) is 2.51. The molecule has 1 aliphatic heterocycles. The van der Waals surface area contributed by atoms with E-state index in [1.54, 1.807) is 7.11 Å². The molecule has 0 radical (unpaired) electrons. The van der Waals surface area contributed by atoms with Crippen LogP contribution in [0.2, 0.25) is 0 Å². The predicted molar refractivity (Wildman–Crippen MR) is 81.4 cm³/mol. The van der Waals surface area contributed by atoms with Crippen LogP contribution >= 0.6 is 0 Å². The summed E-state index contributed by atoms with van der Waals surface area (Å²) < 4.78 is 11.0. The SMILES string of the molecule is COc1ccc(C)cc1C(=O)C1CCOc2ccccc21. The second-order valence-electron chi connectivity index (χ2n) is 5.30. The molecule has 1 unspecified atom stereocenters. The molecule has 3 nitrogen and oxygen atoms in total. The number of ketones is 1. The highest BCUT2D eigenvalue weighted by molar-refractivity contribution is 6.03. The highest BCUT2D eigenvalue weighted by Crippen LogP contribution is 2.37. The van der Waals surface area contributed by atoms with E-state index in [9.17, 15) is 4.79 Å². The van der Waals surface area contributed by atoms with Crippen molar-refractivity contribution in [1.82, 2.24) is 0 Å². The molecule has 3 rings (SSSR count). The Balaban J connectivity index is 2.02. The van der Waals surface area contributed by atoms with E-state index in [0.29, 0.717) is 24.3 Å². The first-order valence-electron chi connectivity index (χ1n) is 7.11. The van der Waals surface area contributed by atoms with Gasteiger partial charge in [0, 0.05) is 5.56 Å². The molecule has 0 N–H and O–H groups in total. The Hall–Kier alpha value is -2.29. The maximum absolute atomic E-state index is 13.0. The highest BCUT2D eigenvalue weighted by atomic mass is 16.5. The normalized spacial score (nSPS) is 16.8. The fraction of sp³-hybridized carbons (Fsp3) is 0.278. The van der Waals surface area contributed by atoms with Crippen LogP contribution in [0.25, 0.3) is 0 Å². The third-order valence-electron chi connectivity index (χ3n) is 3.90. The highest BCUT2D eigenvalue weighted by Gasteiger charge is 2.29. The quantitative estimate of drug-likeness (QED) is 0.804. The molecule has 3 heteroatoms. The number of carbonyl (C=O) groups excluding carboxylic acids is 1. The van der Waals surface area contributed by atoms with Crippen LogP contribution in [0, 0.1) is 6.92 Å². The molecular formula is C18H18O3. The summed E-state index contributed by atoms with van der Waals surface area (Å²) in [4.78, 5) is 13.0. The number of aryl methyl sites for hydroxylation is 1. The van der Waals surface area contributed by atoms with E-state index in [0.717, 1.165) is 16.9 Å². The van der Waals surface area contributed by atoms with Gasteiger partial charge in [0.15, 0.2) is 5.78 Å². The van der Waals surface area contributed by atoms with Crippen LogP contribution in [0.3, 0.4) is 0 Å². The van der Waals surface area contributed by atoms with Crippen molar-refractivity contribution >= 4 is 5.78 Å². The summed E-state index contributed by atoms with van der Waals surface area (Å²) in [7, 11) is 1.60. The van der Waals surface area contributed by atoms with Crippen molar-refractivity contribution in [2.24, 2.45) is 0 Å². The van der Waals surface area contributed by atoms with Gasteiger partial charge in [-0.15, -0.1) is 0 Å². The zero-order valence-corrected chi connectivity index (χ0v) is 12.3.